The molecule has 2 heterocycles. The summed E-state index contributed by atoms with van der Waals surface area (Å²) in [6.07, 6.45) is 1.78. The van der Waals surface area contributed by atoms with Gasteiger partial charge >= 0.3 is 6.18 Å². The number of benzene rings is 1. The van der Waals surface area contributed by atoms with Crippen molar-refractivity contribution >= 4 is 45.1 Å². The fourth-order valence-corrected chi connectivity index (χ4v) is 4.98. The number of hydrogen-bond donors (Lipinski definition) is 1. The molecule has 0 bridgehead atoms. The molecule has 6 nitrogen and oxygen atoms in total. The molecule has 1 amide bonds. The number of pyridine rings is 1. The second-order valence-electron chi connectivity index (χ2n) is 8.33. The zero-order valence-corrected chi connectivity index (χ0v) is 20.4. The third-order valence-corrected chi connectivity index (χ3v) is 7.15. The van der Waals surface area contributed by atoms with E-state index in [0.29, 0.717) is 21.4 Å². The predicted molar refractivity (Wildman–Crippen MR) is 128 cm³/mol. The van der Waals surface area contributed by atoms with Gasteiger partial charge in [0.2, 0.25) is 0 Å². The van der Waals surface area contributed by atoms with Crippen LogP contribution in [0.15, 0.2) is 36.5 Å². The number of ether oxygens (including phenoxy) is 1. The van der Waals surface area contributed by atoms with Crippen LogP contribution in [0.1, 0.15) is 54.8 Å². The summed E-state index contributed by atoms with van der Waals surface area (Å²) in [4.78, 5) is 16.1. The number of amides is 1. The Balaban J connectivity index is 1.56. The van der Waals surface area contributed by atoms with E-state index in [4.69, 9.17) is 9.84 Å². The van der Waals surface area contributed by atoms with Gasteiger partial charge < -0.3 is 10.1 Å². The van der Waals surface area contributed by atoms with Gasteiger partial charge in [-0.15, -0.1) is 0 Å². The molecule has 0 spiro atoms. The Kier molecular flexibility index (Phi) is 6.83. The minimum atomic E-state index is -4.63. The van der Waals surface area contributed by atoms with Crippen LogP contribution >= 0.6 is 22.6 Å². The van der Waals surface area contributed by atoms with Gasteiger partial charge in [-0.05, 0) is 49.8 Å². The van der Waals surface area contributed by atoms with Crippen LogP contribution in [0.25, 0.3) is 10.9 Å². The molecule has 176 valence electrons. The number of halogens is 4. The average Bonchev–Trinajstić information content (AvgIpc) is 3.21. The monoisotopic (exact) mass is 572 g/mol. The summed E-state index contributed by atoms with van der Waals surface area (Å²) in [6.45, 7) is 2.25. The van der Waals surface area contributed by atoms with E-state index in [1.54, 1.807) is 12.1 Å². The normalized spacial score (nSPS) is 19.9. The van der Waals surface area contributed by atoms with E-state index in [0.717, 1.165) is 41.8 Å². The Morgan fingerprint density at radius 2 is 1.97 bits per heavy atom. The van der Waals surface area contributed by atoms with Gasteiger partial charge in [-0.1, -0.05) is 35.6 Å². The number of carbonyl (C=O) groups excluding carboxylic acids is 1. The summed E-state index contributed by atoms with van der Waals surface area (Å²) in [5.41, 5.74) is -0.378. The standard InChI is InChI=1S/C23H24F3IN4O2/c1-13(27)14-6-8-16(9-7-14)31-12-15-10-19(20(33-2)11-18(15)30-31)29-22(32)17-4-3-5-21(28-17)23(24,25)26/h3-5,10-14,16H,6-9H2,1-2H3,(H,29,32)/t13?,14-,16-. The number of nitrogens with zero attached hydrogens (tertiary/aromatic N) is 3. The average molecular weight is 572 g/mol. The number of rotatable bonds is 5. The summed E-state index contributed by atoms with van der Waals surface area (Å²) in [6, 6.07) is 6.98. The van der Waals surface area contributed by atoms with Crippen molar-refractivity contribution in [3.8, 4) is 5.75 Å². The maximum absolute atomic E-state index is 12.9. The van der Waals surface area contributed by atoms with E-state index in [9.17, 15) is 18.0 Å². The molecule has 10 heteroatoms. The van der Waals surface area contributed by atoms with Gasteiger partial charge in [0, 0.05) is 21.6 Å². The highest BCUT2D eigenvalue weighted by Crippen LogP contribution is 2.37. The molecule has 1 fully saturated rings. The van der Waals surface area contributed by atoms with Crippen molar-refractivity contribution in [3.05, 3.63) is 47.9 Å². The van der Waals surface area contributed by atoms with Gasteiger partial charge in [0.1, 0.15) is 17.1 Å². The molecule has 1 saturated carbocycles. The van der Waals surface area contributed by atoms with Crippen LogP contribution in [0.4, 0.5) is 18.9 Å². The molecule has 33 heavy (non-hydrogen) atoms. The van der Waals surface area contributed by atoms with E-state index in [1.807, 2.05) is 10.9 Å². The van der Waals surface area contributed by atoms with Gasteiger partial charge in [-0.25, -0.2) is 4.98 Å². The molecule has 0 aliphatic heterocycles. The highest BCUT2D eigenvalue weighted by atomic mass is 127. The second-order valence-corrected chi connectivity index (χ2v) is 10.3. The number of carbonyl (C=O) groups is 1. The quantitative estimate of drug-likeness (QED) is 0.289. The predicted octanol–water partition coefficient (Wildman–Crippen LogP) is 6.27. The third-order valence-electron chi connectivity index (χ3n) is 6.13. The van der Waals surface area contributed by atoms with Gasteiger partial charge in [-0.2, -0.15) is 18.3 Å². The lowest BCUT2D eigenvalue weighted by atomic mass is 9.84. The highest BCUT2D eigenvalue weighted by Gasteiger charge is 2.33. The summed E-state index contributed by atoms with van der Waals surface area (Å²) < 4.78 is 46.9. The molecule has 3 aromatic rings. The van der Waals surface area contributed by atoms with Crippen molar-refractivity contribution in [2.24, 2.45) is 5.92 Å². The van der Waals surface area contributed by atoms with Crippen LogP contribution in [0.2, 0.25) is 0 Å². The van der Waals surface area contributed by atoms with Crippen molar-refractivity contribution in [1.29, 1.82) is 0 Å². The Labute approximate surface area is 203 Å². The van der Waals surface area contributed by atoms with E-state index in [-0.39, 0.29) is 5.69 Å². The molecule has 2 aromatic heterocycles. The van der Waals surface area contributed by atoms with Crippen molar-refractivity contribution in [2.75, 3.05) is 12.4 Å². The minimum absolute atomic E-state index is 0.321. The summed E-state index contributed by atoms with van der Waals surface area (Å²) >= 11 is 2.49. The number of alkyl halides is 4. The first kappa shape index (κ1) is 23.8. The van der Waals surface area contributed by atoms with Crippen molar-refractivity contribution in [1.82, 2.24) is 14.8 Å². The molecule has 0 saturated heterocycles. The third kappa shape index (κ3) is 5.25. The molecule has 4 rings (SSSR count). The molecule has 1 atom stereocenters. The molecular formula is C23H24F3IN4O2. The number of aromatic nitrogens is 3. The lowest BCUT2D eigenvalue weighted by molar-refractivity contribution is -0.141. The second kappa shape index (κ2) is 9.47. The Morgan fingerprint density at radius 3 is 2.61 bits per heavy atom. The minimum Gasteiger partial charge on any atom is -0.494 e. The smallest absolute Gasteiger partial charge is 0.433 e. The zero-order chi connectivity index (χ0) is 23.8. The maximum Gasteiger partial charge on any atom is 0.433 e. The zero-order valence-electron chi connectivity index (χ0n) is 18.2. The first-order valence-corrected chi connectivity index (χ1v) is 12.0. The lowest BCUT2D eigenvalue weighted by Crippen LogP contribution is -2.22. The van der Waals surface area contributed by atoms with E-state index >= 15 is 0 Å². The first-order valence-electron chi connectivity index (χ1n) is 10.7. The summed E-state index contributed by atoms with van der Waals surface area (Å²) in [7, 11) is 1.46. The maximum atomic E-state index is 12.9. The molecule has 0 radical (unpaired) electrons. The summed E-state index contributed by atoms with van der Waals surface area (Å²) in [5.74, 6) is 0.353. The van der Waals surface area contributed by atoms with Gasteiger partial charge in [-0.3, -0.25) is 9.48 Å². The van der Waals surface area contributed by atoms with E-state index < -0.39 is 17.8 Å². The van der Waals surface area contributed by atoms with Crippen LogP contribution in [0.3, 0.4) is 0 Å². The molecule has 1 unspecified atom stereocenters. The van der Waals surface area contributed by atoms with Crippen molar-refractivity contribution in [3.63, 3.8) is 0 Å². The fourth-order valence-electron chi connectivity index (χ4n) is 4.26. The van der Waals surface area contributed by atoms with Gasteiger partial charge in [0.05, 0.1) is 24.4 Å². The topological polar surface area (TPSA) is 69.0 Å². The Bertz CT molecular complexity index is 1150. The van der Waals surface area contributed by atoms with Crippen LogP contribution < -0.4 is 10.1 Å². The summed E-state index contributed by atoms with van der Waals surface area (Å²) in [5, 5.41) is 8.15. The van der Waals surface area contributed by atoms with Crippen molar-refractivity contribution in [2.45, 2.75) is 48.7 Å². The van der Waals surface area contributed by atoms with Gasteiger partial charge in [0.15, 0.2) is 0 Å². The number of fused-ring (bicyclic) bond motifs is 1. The van der Waals surface area contributed by atoms with Crippen LogP contribution in [0.5, 0.6) is 5.75 Å². The van der Waals surface area contributed by atoms with Crippen LogP contribution in [0, 0.1) is 5.92 Å². The number of anilines is 1. The van der Waals surface area contributed by atoms with Crippen molar-refractivity contribution < 1.29 is 22.7 Å². The lowest BCUT2D eigenvalue weighted by Gasteiger charge is -2.30. The number of hydrogen-bond acceptors (Lipinski definition) is 4. The first-order chi connectivity index (χ1) is 15.7. The fraction of sp³-hybridized carbons (Fsp3) is 0.435. The number of nitrogens with one attached hydrogen (secondary N) is 1. The SMILES string of the molecule is COc1cc2nn([C@H]3CC[C@H](C(C)I)CC3)cc2cc1NC(=O)c1cccc(C(F)(F)F)n1. The van der Waals surface area contributed by atoms with Crippen LogP contribution in [-0.4, -0.2) is 31.7 Å². The number of methoxy groups -OCH3 is 1. The molecule has 1 N–H and O–H groups in total. The molecule has 1 aromatic carbocycles. The Hall–Kier alpha value is -2.37. The largest absolute Gasteiger partial charge is 0.494 e. The van der Waals surface area contributed by atoms with Crippen LogP contribution in [-0.2, 0) is 6.18 Å². The molecular weight excluding hydrogens is 548 g/mol. The Morgan fingerprint density at radius 1 is 1.24 bits per heavy atom. The highest BCUT2D eigenvalue weighted by molar-refractivity contribution is 14.1. The van der Waals surface area contributed by atoms with E-state index in [1.165, 1.54) is 26.0 Å². The molecule has 1 aliphatic carbocycles. The molecule has 1 aliphatic rings. The van der Waals surface area contributed by atoms with Gasteiger partial charge in [0.25, 0.3) is 5.91 Å². The van der Waals surface area contributed by atoms with E-state index in [2.05, 4.69) is 39.8 Å².